The van der Waals surface area contributed by atoms with Crippen LogP contribution in [0.3, 0.4) is 0 Å². The number of hydrogen-bond acceptors (Lipinski definition) is 1. The van der Waals surface area contributed by atoms with Gasteiger partial charge in [0.05, 0.1) is 0 Å². The Hall–Kier alpha value is 1.02. The van der Waals surface area contributed by atoms with Gasteiger partial charge >= 0.3 is 58.2 Å². The minimum absolute atomic E-state index is 0. The largest absolute Gasteiger partial charge is 1.00 e. The topological polar surface area (TPSA) is 27.0 Å². The summed E-state index contributed by atoms with van der Waals surface area (Å²) in [6.45, 7) is 0. The van der Waals surface area contributed by atoms with Crippen molar-refractivity contribution in [3.05, 3.63) is 18.7 Å². The maximum absolute atomic E-state index is 3.61. The summed E-state index contributed by atoms with van der Waals surface area (Å²) in [5.41, 5.74) is 0. The quantitative estimate of drug-likeness (QED) is 0.397. The summed E-state index contributed by atoms with van der Waals surface area (Å²) in [6.07, 6.45) is 4.78. The van der Waals surface area contributed by atoms with Crippen LogP contribution in [0.2, 0.25) is 0 Å². The third kappa shape index (κ3) is 2.23. The van der Waals surface area contributed by atoms with Crippen molar-refractivity contribution >= 4 is 0 Å². The van der Waals surface area contributed by atoms with Gasteiger partial charge in [-0.05, 0) is 0 Å². The van der Waals surface area contributed by atoms with E-state index in [4.69, 9.17) is 0 Å². The van der Waals surface area contributed by atoms with Crippen LogP contribution in [0.15, 0.2) is 18.7 Å². The minimum Gasteiger partial charge on any atom is -0.450 e. The molecule has 0 aromatic carbocycles. The van der Waals surface area contributed by atoms with E-state index in [0.29, 0.717) is 0 Å². The maximum Gasteiger partial charge on any atom is 1.00 e. The smallest absolute Gasteiger partial charge is 0.450 e. The Bertz CT molecular complexity index is 65.3. The molecule has 1 aromatic rings. The van der Waals surface area contributed by atoms with Crippen molar-refractivity contribution in [2.24, 2.45) is 0 Å². The molecule has 1 heterocycles. The second-order valence-corrected chi connectivity index (χ2v) is 0.712. The first-order chi connectivity index (χ1) is 2.50. The standard InChI is InChI=1S/C3H3N2.Rb/c1-2-5-3-4-1;/h1-3H;/q-1;+1. The third-order valence-corrected chi connectivity index (χ3v) is 0.372. The van der Waals surface area contributed by atoms with Gasteiger partial charge in [0.1, 0.15) is 0 Å². The van der Waals surface area contributed by atoms with Crippen LogP contribution in [0.5, 0.6) is 0 Å². The zero-order valence-electron chi connectivity index (χ0n) is 3.63. The van der Waals surface area contributed by atoms with Gasteiger partial charge in [-0.2, -0.15) is 0 Å². The van der Waals surface area contributed by atoms with Crippen LogP contribution >= 0.6 is 0 Å². The molecule has 0 amide bonds. The molecular formula is C3H3N2Rb. The van der Waals surface area contributed by atoms with Gasteiger partial charge < -0.3 is 9.97 Å². The summed E-state index contributed by atoms with van der Waals surface area (Å²) in [5.74, 6) is 0. The van der Waals surface area contributed by atoms with Crippen molar-refractivity contribution in [2.75, 3.05) is 0 Å². The van der Waals surface area contributed by atoms with Gasteiger partial charge in [-0.25, -0.2) is 0 Å². The average Bonchev–Trinajstić information content (AvgIpc) is 1.76. The summed E-state index contributed by atoms with van der Waals surface area (Å²) in [6, 6.07) is 0. The molecule has 0 radical (unpaired) electrons. The van der Waals surface area contributed by atoms with Crippen LogP contribution in [-0.4, -0.2) is 4.98 Å². The summed E-state index contributed by atoms with van der Waals surface area (Å²) in [7, 11) is 0. The summed E-state index contributed by atoms with van der Waals surface area (Å²) in [5, 5.41) is 0. The fourth-order valence-electron chi connectivity index (χ4n) is 0.192. The van der Waals surface area contributed by atoms with E-state index in [9.17, 15) is 0 Å². The molecule has 0 aliphatic carbocycles. The van der Waals surface area contributed by atoms with E-state index >= 15 is 0 Å². The first-order valence-corrected chi connectivity index (χ1v) is 1.37. The predicted molar refractivity (Wildman–Crippen MR) is 17.6 cm³/mol. The zero-order chi connectivity index (χ0) is 3.54. The van der Waals surface area contributed by atoms with E-state index in [2.05, 4.69) is 9.97 Å². The summed E-state index contributed by atoms with van der Waals surface area (Å²) < 4.78 is 0. The summed E-state index contributed by atoms with van der Waals surface area (Å²) >= 11 is 0. The Kier molecular flexibility index (Phi) is 4.89. The van der Waals surface area contributed by atoms with E-state index in [1.54, 1.807) is 12.4 Å². The van der Waals surface area contributed by atoms with Crippen LogP contribution in [0, 0.1) is 0 Å². The predicted octanol–water partition coefficient (Wildman–Crippen LogP) is -2.96. The Balaban J connectivity index is 0.000000250. The van der Waals surface area contributed by atoms with E-state index in [-0.39, 0.29) is 58.2 Å². The molecule has 0 atom stereocenters. The van der Waals surface area contributed by atoms with Crippen LogP contribution in [0.25, 0.3) is 0 Å². The van der Waals surface area contributed by atoms with Gasteiger partial charge in [-0.15, -0.1) is 0 Å². The maximum atomic E-state index is 3.61. The minimum atomic E-state index is 0. The molecule has 2 nitrogen and oxygen atoms in total. The molecule has 0 unspecified atom stereocenters. The van der Waals surface area contributed by atoms with Crippen molar-refractivity contribution < 1.29 is 58.2 Å². The second-order valence-electron chi connectivity index (χ2n) is 0.712. The number of hydrogen-bond donors (Lipinski definition) is 0. The van der Waals surface area contributed by atoms with E-state index < -0.39 is 0 Å². The van der Waals surface area contributed by atoms with Crippen LogP contribution in [0.4, 0.5) is 0 Å². The molecule has 1 rings (SSSR count). The molecule has 0 aliphatic rings. The Morgan fingerprint density at radius 3 is 2.50 bits per heavy atom. The molecule has 0 saturated carbocycles. The molecule has 0 saturated heterocycles. The molecule has 6 heavy (non-hydrogen) atoms. The molecule has 0 N–H and O–H groups in total. The molecule has 0 aliphatic heterocycles. The van der Waals surface area contributed by atoms with Gasteiger partial charge in [-0.1, -0.05) is 18.7 Å². The molecule has 0 fully saturated rings. The number of nitrogens with zero attached hydrogens (tertiary/aromatic N) is 2. The molecule has 26 valence electrons. The first-order valence-electron chi connectivity index (χ1n) is 1.37. The average molecular weight is 153 g/mol. The Morgan fingerprint density at radius 2 is 2.33 bits per heavy atom. The van der Waals surface area contributed by atoms with Gasteiger partial charge in [0, 0.05) is 0 Å². The van der Waals surface area contributed by atoms with Gasteiger partial charge in [0.2, 0.25) is 0 Å². The van der Waals surface area contributed by atoms with E-state index in [0.717, 1.165) is 0 Å². The SMILES string of the molecule is [Rb+].c1c[n-]cn1. The fourth-order valence-corrected chi connectivity index (χ4v) is 0.192. The van der Waals surface area contributed by atoms with E-state index in [1.807, 2.05) is 0 Å². The first kappa shape index (κ1) is 7.02. The Morgan fingerprint density at radius 1 is 1.50 bits per heavy atom. The van der Waals surface area contributed by atoms with Crippen molar-refractivity contribution in [3.63, 3.8) is 0 Å². The number of imidazole rings is 1. The number of aromatic nitrogens is 2. The molecule has 0 bridgehead atoms. The normalized spacial score (nSPS) is 6.67. The number of rotatable bonds is 0. The van der Waals surface area contributed by atoms with Gasteiger partial charge in [0.15, 0.2) is 0 Å². The van der Waals surface area contributed by atoms with Crippen LogP contribution in [0.1, 0.15) is 0 Å². The summed E-state index contributed by atoms with van der Waals surface area (Å²) in [4.78, 5) is 7.22. The monoisotopic (exact) mass is 152 g/mol. The van der Waals surface area contributed by atoms with Crippen molar-refractivity contribution in [1.82, 2.24) is 9.97 Å². The molecule has 3 heteroatoms. The molecule has 1 aromatic heterocycles. The molecule has 0 spiro atoms. The van der Waals surface area contributed by atoms with Crippen molar-refractivity contribution in [3.8, 4) is 0 Å². The second kappa shape index (κ2) is 4.18. The van der Waals surface area contributed by atoms with Crippen LogP contribution < -0.4 is 63.2 Å². The van der Waals surface area contributed by atoms with Gasteiger partial charge in [0.25, 0.3) is 0 Å². The van der Waals surface area contributed by atoms with Gasteiger partial charge in [-0.3, -0.25) is 0 Å². The van der Waals surface area contributed by atoms with E-state index in [1.165, 1.54) is 6.33 Å². The third-order valence-electron chi connectivity index (χ3n) is 0.372. The fraction of sp³-hybridized carbons (Fsp3) is 0. The van der Waals surface area contributed by atoms with Crippen molar-refractivity contribution in [2.45, 2.75) is 0 Å². The molecular weight excluding hydrogens is 150 g/mol. The van der Waals surface area contributed by atoms with Crippen LogP contribution in [-0.2, 0) is 0 Å². The zero-order valence-corrected chi connectivity index (χ0v) is 8.54. The van der Waals surface area contributed by atoms with Crippen molar-refractivity contribution in [1.29, 1.82) is 0 Å². The Labute approximate surface area is 85.2 Å².